The number of amides is 1. The number of hydrogen-bond donors (Lipinski definition) is 3. The second-order valence-electron chi connectivity index (χ2n) is 4.48. The van der Waals surface area contributed by atoms with Gasteiger partial charge in [-0.25, -0.2) is 0 Å². The smallest absolute Gasteiger partial charge is 0.259 e. The van der Waals surface area contributed by atoms with Gasteiger partial charge in [-0.3, -0.25) is 4.79 Å². The van der Waals surface area contributed by atoms with E-state index in [4.69, 9.17) is 5.73 Å². The number of anilines is 1. The van der Waals surface area contributed by atoms with Crippen molar-refractivity contribution in [3.63, 3.8) is 0 Å². The molecule has 0 aliphatic rings. The van der Waals surface area contributed by atoms with E-state index in [0.717, 1.165) is 0 Å². The van der Waals surface area contributed by atoms with Gasteiger partial charge in [0.25, 0.3) is 5.91 Å². The van der Waals surface area contributed by atoms with Crippen LogP contribution in [0.4, 0.5) is 5.69 Å². The maximum atomic E-state index is 12.3. The Bertz CT molecular complexity index is 727. The zero-order chi connectivity index (χ0) is 15.2. The van der Waals surface area contributed by atoms with Gasteiger partial charge in [-0.15, -0.1) is 0 Å². The molecule has 0 aliphatic carbocycles. The second kappa shape index (κ2) is 6.60. The normalized spacial score (nSPS) is 9.62. The summed E-state index contributed by atoms with van der Waals surface area (Å²) in [5.74, 6) is 5.27. The molecular formula is C17H16N2O2. The number of aryl methyl sites for hydroxylation is 1. The minimum atomic E-state index is -0.377. The van der Waals surface area contributed by atoms with Gasteiger partial charge in [-0.1, -0.05) is 36.1 Å². The van der Waals surface area contributed by atoms with Crippen molar-refractivity contribution in [2.24, 2.45) is 5.73 Å². The van der Waals surface area contributed by atoms with E-state index in [2.05, 4.69) is 17.2 Å². The summed E-state index contributed by atoms with van der Waals surface area (Å²) in [4.78, 5) is 12.3. The summed E-state index contributed by atoms with van der Waals surface area (Å²) in [7, 11) is 0. The fourth-order valence-electron chi connectivity index (χ4n) is 1.88. The van der Waals surface area contributed by atoms with Crippen LogP contribution in [0.3, 0.4) is 0 Å². The third-order valence-electron chi connectivity index (χ3n) is 2.98. The number of hydrogen-bond acceptors (Lipinski definition) is 3. The predicted octanol–water partition coefficient (Wildman–Crippen LogP) is 2.26. The van der Waals surface area contributed by atoms with Gasteiger partial charge in [-0.05, 0) is 30.7 Å². The average molecular weight is 280 g/mol. The van der Waals surface area contributed by atoms with Crippen molar-refractivity contribution in [2.45, 2.75) is 6.92 Å². The minimum absolute atomic E-state index is 0.0134. The molecule has 0 heterocycles. The van der Waals surface area contributed by atoms with Crippen LogP contribution in [-0.2, 0) is 0 Å². The molecule has 0 unspecified atom stereocenters. The Kier molecular flexibility index (Phi) is 4.60. The van der Waals surface area contributed by atoms with Crippen LogP contribution in [0.5, 0.6) is 5.75 Å². The fraction of sp³-hybridized carbons (Fsp3) is 0.118. The van der Waals surface area contributed by atoms with Crippen molar-refractivity contribution < 1.29 is 9.90 Å². The molecule has 0 spiro atoms. The van der Waals surface area contributed by atoms with Crippen molar-refractivity contribution in [2.75, 3.05) is 11.9 Å². The van der Waals surface area contributed by atoms with Crippen molar-refractivity contribution in [3.05, 3.63) is 59.2 Å². The highest BCUT2D eigenvalue weighted by Crippen LogP contribution is 2.23. The zero-order valence-electron chi connectivity index (χ0n) is 11.7. The van der Waals surface area contributed by atoms with E-state index < -0.39 is 0 Å². The highest BCUT2D eigenvalue weighted by molar-refractivity contribution is 6.06. The van der Waals surface area contributed by atoms with E-state index in [9.17, 15) is 9.90 Å². The summed E-state index contributed by atoms with van der Waals surface area (Å²) >= 11 is 0. The van der Waals surface area contributed by atoms with E-state index in [1.165, 1.54) is 0 Å². The van der Waals surface area contributed by atoms with Crippen LogP contribution in [0.2, 0.25) is 0 Å². The second-order valence-corrected chi connectivity index (χ2v) is 4.48. The molecule has 4 N–H and O–H groups in total. The van der Waals surface area contributed by atoms with Crippen LogP contribution in [0.1, 0.15) is 21.5 Å². The van der Waals surface area contributed by atoms with Gasteiger partial charge >= 0.3 is 0 Å². The molecule has 0 fully saturated rings. The molecule has 2 aromatic carbocycles. The Morgan fingerprint density at radius 3 is 2.76 bits per heavy atom. The largest absolute Gasteiger partial charge is 0.507 e. The minimum Gasteiger partial charge on any atom is -0.507 e. The molecule has 0 atom stereocenters. The quantitative estimate of drug-likeness (QED) is 0.739. The molecule has 2 aromatic rings. The Hall–Kier alpha value is -2.77. The number of carbonyl (C=O) groups is 1. The molecule has 0 bridgehead atoms. The van der Waals surface area contributed by atoms with Crippen LogP contribution in [0, 0.1) is 18.8 Å². The Balaban J connectivity index is 2.30. The number of nitrogens with one attached hydrogen (secondary N) is 1. The molecule has 1 amide bonds. The third-order valence-corrected chi connectivity index (χ3v) is 2.98. The number of carbonyl (C=O) groups excluding carboxylic acids is 1. The number of benzene rings is 2. The Morgan fingerprint density at radius 2 is 2.00 bits per heavy atom. The van der Waals surface area contributed by atoms with Gasteiger partial charge in [0.15, 0.2) is 0 Å². The topological polar surface area (TPSA) is 75.4 Å². The summed E-state index contributed by atoms with van der Waals surface area (Å²) in [5.41, 5.74) is 7.52. The van der Waals surface area contributed by atoms with E-state index in [0.29, 0.717) is 16.8 Å². The lowest BCUT2D eigenvalue weighted by Crippen LogP contribution is -2.13. The summed E-state index contributed by atoms with van der Waals surface area (Å²) in [6.07, 6.45) is 0. The SMILES string of the molecule is Cc1cccc(C(=O)Nc2ccccc2C#CCN)c1O. The number of nitrogens with two attached hydrogens (primary N) is 1. The monoisotopic (exact) mass is 280 g/mol. The van der Waals surface area contributed by atoms with E-state index in [1.807, 2.05) is 6.07 Å². The molecule has 0 radical (unpaired) electrons. The molecule has 0 saturated heterocycles. The van der Waals surface area contributed by atoms with E-state index >= 15 is 0 Å². The van der Waals surface area contributed by atoms with Crippen molar-refractivity contribution in [1.29, 1.82) is 0 Å². The van der Waals surface area contributed by atoms with Gasteiger partial charge in [0.2, 0.25) is 0 Å². The van der Waals surface area contributed by atoms with Gasteiger partial charge in [0, 0.05) is 5.56 Å². The van der Waals surface area contributed by atoms with Gasteiger partial charge < -0.3 is 16.2 Å². The first-order valence-electron chi connectivity index (χ1n) is 6.51. The molecular weight excluding hydrogens is 264 g/mol. The first kappa shape index (κ1) is 14.6. The van der Waals surface area contributed by atoms with Crippen LogP contribution in [0.25, 0.3) is 0 Å². The third kappa shape index (κ3) is 3.41. The number of rotatable bonds is 2. The zero-order valence-corrected chi connectivity index (χ0v) is 11.7. The Morgan fingerprint density at radius 1 is 1.24 bits per heavy atom. The first-order valence-corrected chi connectivity index (χ1v) is 6.51. The van der Waals surface area contributed by atoms with Gasteiger partial charge in [0.1, 0.15) is 5.75 Å². The maximum absolute atomic E-state index is 12.3. The number of para-hydroxylation sites is 2. The van der Waals surface area contributed by atoms with Gasteiger partial charge in [0.05, 0.1) is 17.8 Å². The lowest BCUT2D eigenvalue weighted by Gasteiger charge is -2.09. The van der Waals surface area contributed by atoms with Crippen molar-refractivity contribution in [3.8, 4) is 17.6 Å². The van der Waals surface area contributed by atoms with Crippen molar-refractivity contribution >= 4 is 11.6 Å². The van der Waals surface area contributed by atoms with Crippen LogP contribution >= 0.6 is 0 Å². The molecule has 4 nitrogen and oxygen atoms in total. The Labute approximate surface area is 123 Å². The summed E-state index contributed by atoms with van der Waals surface area (Å²) in [6.45, 7) is 1.99. The van der Waals surface area contributed by atoms with Gasteiger partial charge in [-0.2, -0.15) is 0 Å². The van der Waals surface area contributed by atoms with Crippen LogP contribution in [-0.4, -0.2) is 17.6 Å². The highest BCUT2D eigenvalue weighted by atomic mass is 16.3. The highest BCUT2D eigenvalue weighted by Gasteiger charge is 2.13. The number of aromatic hydroxyl groups is 1. The van der Waals surface area contributed by atoms with Crippen molar-refractivity contribution in [1.82, 2.24) is 0 Å². The lowest BCUT2D eigenvalue weighted by atomic mass is 10.1. The van der Waals surface area contributed by atoms with E-state index in [-0.39, 0.29) is 23.8 Å². The van der Waals surface area contributed by atoms with E-state index in [1.54, 1.807) is 43.3 Å². The summed E-state index contributed by atoms with van der Waals surface area (Å²) in [5, 5.41) is 12.7. The molecule has 0 saturated carbocycles. The molecule has 106 valence electrons. The predicted molar refractivity (Wildman–Crippen MR) is 83.2 cm³/mol. The molecule has 0 aromatic heterocycles. The van der Waals surface area contributed by atoms with Crippen LogP contribution < -0.4 is 11.1 Å². The number of phenolic OH excluding ortho intramolecular Hbond substituents is 1. The molecule has 2 rings (SSSR count). The molecule has 0 aliphatic heterocycles. The number of phenols is 1. The summed E-state index contributed by atoms with van der Waals surface area (Å²) < 4.78 is 0. The first-order chi connectivity index (χ1) is 10.1. The summed E-state index contributed by atoms with van der Waals surface area (Å²) in [6, 6.07) is 12.2. The standard InChI is InChI=1S/C17H16N2O2/c1-12-6-4-9-14(16(12)20)17(21)19-15-10-3-2-7-13(15)8-5-11-18/h2-4,6-7,9-10,20H,11,18H2,1H3,(H,19,21). The lowest BCUT2D eigenvalue weighted by molar-refractivity contribution is 0.102. The average Bonchev–Trinajstić information content (AvgIpc) is 2.49. The molecule has 21 heavy (non-hydrogen) atoms. The van der Waals surface area contributed by atoms with Crippen LogP contribution in [0.15, 0.2) is 42.5 Å². The maximum Gasteiger partial charge on any atom is 0.259 e. The molecule has 4 heteroatoms. The fourth-order valence-corrected chi connectivity index (χ4v) is 1.88.